The Morgan fingerprint density at radius 1 is 1.43 bits per heavy atom. The first-order valence-electron chi connectivity index (χ1n) is 7.00. The van der Waals surface area contributed by atoms with Gasteiger partial charge in [-0.2, -0.15) is 0 Å². The van der Waals surface area contributed by atoms with Crippen molar-refractivity contribution in [1.29, 1.82) is 0 Å². The minimum Gasteiger partial charge on any atom is -0.454 e. The molecule has 8 heteroatoms. The van der Waals surface area contributed by atoms with E-state index >= 15 is 0 Å². The summed E-state index contributed by atoms with van der Waals surface area (Å²) in [5, 5.41) is 11.6. The molecule has 0 spiro atoms. The number of hydrogen-bond acceptors (Lipinski definition) is 6. The second-order valence-corrected chi connectivity index (χ2v) is 5.78. The van der Waals surface area contributed by atoms with E-state index in [4.69, 9.17) is 9.47 Å². The van der Waals surface area contributed by atoms with Crippen molar-refractivity contribution < 1.29 is 14.3 Å². The van der Waals surface area contributed by atoms with Gasteiger partial charge in [-0.3, -0.25) is 4.79 Å². The highest BCUT2D eigenvalue weighted by atomic mass is 32.2. The molecule has 0 atom stereocenters. The lowest BCUT2D eigenvalue weighted by Gasteiger charge is -2.07. The first kappa shape index (κ1) is 15.4. The Morgan fingerprint density at radius 3 is 3.09 bits per heavy atom. The monoisotopic (exact) mass is 332 g/mol. The molecular weight excluding hydrogens is 316 g/mol. The molecule has 7 nitrogen and oxygen atoms in total. The van der Waals surface area contributed by atoms with Gasteiger partial charge in [0.25, 0.3) is 0 Å². The lowest BCUT2D eigenvalue weighted by Crippen LogP contribution is -2.14. The van der Waals surface area contributed by atoms with Crippen molar-refractivity contribution >= 4 is 23.4 Å². The lowest BCUT2D eigenvalue weighted by molar-refractivity contribution is -0.113. The van der Waals surface area contributed by atoms with E-state index in [0.717, 1.165) is 5.82 Å². The summed E-state index contributed by atoms with van der Waals surface area (Å²) in [6.45, 7) is 6.40. The van der Waals surface area contributed by atoms with Crippen LogP contribution in [0.2, 0.25) is 0 Å². The van der Waals surface area contributed by atoms with E-state index in [2.05, 4.69) is 22.1 Å². The molecule has 2 heterocycles. The molecule has 0 saturated carbocycles. The van der Waals surface area contributed by atoms with Gasteiger partial charge in [-0.05, 0) is 19.1 Å². The zero-order valence-corrected chi connectivity index (χ0v) is 13.4. The second kappa shape index (κ2) is 6.74. The number of allylic oxidation sites excluding steroid dienone is 1. The molecule has 1 aromatic heterocycles. The van der Waals surface area contributed by atoms with Crippen LogP contribution in [0.1, 0.15) is 5.82 Å². The maximum atomic E-state index is 12.1. The number of hydrogen-bond donors (Lipinski definition) is 1. The van der Waals surface area contributed by atoms with Gasteiger partial charge in [-0.25, -0.2) is 0 Å². The van der Waals surface area contributed by atoms with Crippen LogP contribution < -0.4 is 14.8 Å². The third-order valence-electron chi connectivity index (χ3n) is 3.20. The van der Waals surface area contributed by atoms with Crippen molar-refractivity contribution in [3.05, 3.63) is 36.7 Å². The first-order chi connectivity index (χ1) is 11.2. The van der Waals surface area contributed by atoms with E-state index in [1.54, 1.807) is 24.3 Å². The molecule has 1 aliphatic heterocycles. The van der Waals surface area contributed by atoms with Gasteiger partial charge in [-0.1, -0.05) is 17.8 Å². The molecule has 1 aliphatic rings. The molecule has 0 fully saturated rings. The van der Waals surface area contributed by atoms with Crippen molar-refractivity contribution in [2.45, 2.75) is 18.6 Å². The number of aryl methyl sites for hydroxylation is 1. The van der Waals surface area contributed by atoms with E-state index < -0.39 is 0 Å². The van der Waals surface area contributed by atoms with E-state index in [1.165, 1.54) is 11.8 Å². The van der Waals surface area contributed by atoms with Gasteiger partial charge in [0.1, 0.15) is 5.82 Å². The number of amides is 1. The molecule has 0 saturated heterocycles. The van der Waals surface area contributed by atoms with Gasteiger partial charge in [0, 0.05) is 18.3 Å². The molecule has 1 aromatic carbocycles. The Hall–Kier alpha value is -2.48. The highest BCUT2D eigenvalue weighted by Gasteiger charge is 2.15. The molecule has 1 N–H and O–H groups in total. The number of thioether (sulfide) groups is 1. The summed E-state index contributed by atoms with van der Waals surface area (Å²) in [5.74, 6) is 2.23. The number of anilines is 1. The van der Waals surface area contributed by atoms with Gasteiger partial charge >= 0.3 is 0 Å². The summed E-state index contributed by atoms with van der Waals surface area (Å²) >= 11 is 1.33. The number of ether oxygens (including phenoxy) is 2. The molecule has 1 amide bonds. The maximum absolute atomic E-state index is 12.1. The molecule has 120 valence electrons. The fraction of sp³-hybridized carbons (Fsp3) is 0.267. The molecule has 0 bridgehead atoms. The minimum atomic E-state index is -0.125. The topological polar surface area (TPSA) is 78.3 Å². The lowest BCUT2D eigenvalue weighted by atomic mass is 10.3. The molecule has 23 heavy (non-hydrogen) atoms. The van der Waals surface area contributed by atoms with Gasteiger partial charge in [0.15, 0.2) is 16.7 Å². The van der Waals surface area contributed by atoms with Crippen LogP contribution in [0.3, 0.4) is 0 Å². The smallest absolute Gasteiger partial charge is 0.234 e. The maximum Gasteiger partial charge on any atom is 0.234 e. The summed E-state index contributed by atoms with van der Waals surface area (Å²) in [7, 11) is 0. The van der Waals surface area contributed by atoms with E-state index in [0.29, 0.717) is 28.9 Å². The van der Waals surface area contributed by atoms with Crippen molar-refractivity contribution in [3.63, 3.8) is 0 Å². The third-order valence-corrected chi connectivity index (χ3v) is 4.17. The summed E-state index contributed by atoms with van der Waals surface area (Å²) in [6.07, 6.45) is 1.77. The first-order valence-corrected chi connectivity index (χ1v) is 7.99. The zero-order chi connectivity index (χ0) is 16.2. The SMILES string of the molecule is C=CCn1c(C)nnc1SCC(=O)Nc1ccc2c(c1)OCO2. The Morgan fingerprint density at radius 2 is 2.26 bits per heavy atom. The summed E-state index contributed by atoms with van der Waals surface area (Å²) in [4.78, 5) is 12.1. The quantitative estimate of drug-likeness (QED) is 0.645. The number of nitrogens with zero attached hydrogens (tertiary/aromatic N) is 3. The number of carbonyl (C=O) groups is 1. The highest BCUT2D eigenvalue weighted by molar-refractivity contribution is 7.99. The number of carbonyl (C=O) groups excluding carboxylic acids is 1. The molecule has 3 rings (SSSR count). The van der Waals surface area contributed by atoms with Crippen LogP contribution in [-0.2, 0) is 11.3 Å². The van der Waals surface area contributed by atoms with Crippen LogP contribution in [0.4, 0.5) is 5.69 Å². The standard InChI is InChI=1S/C15H16N4O3S/c1-3-6-19-10(2)17-18-15(19)23-8-14(20)16-11-4-5-12-13(7-11)22-9-21-12/h3-5,7H,1,6,8-9H2,2H3,(H,16,20). The number of fused-ring (bicyclic) bond motifs is 1. The molecule has 0 radical (unpaired) electrons. The average molecular weight is 332 g/mol. The van der Waals surface area contributed by atoms with Crippen LogP contribution in [0, 0.1) is 6.92 Å². The fourth-order valence-electron chi connectivity index (χ4n) is 2.11. The number of benzene rings is 1. The predicted molar refractivity (Wildman–Crippen MR) is 86.9 cm³/mol. The number of nitrogens with one attached hydrogen (secondary N) is 1. The molecule has 0 unspecified atom stereocenters. The van der Waals surface area contributed by atoms with Crippen LogP contribution in [-0.4, -0.2) is 33.2 Å². The van der Waals surface area contributed by atoms with Crippen LogP contribution >= 0.6 is 11.8 Å². The third kappa shape index (κ3) is 3.48. The van der Waals surface area contributed by atoms with Crippen molar-refractivity contribution in [1.82, 2.24) is 14.8 Å². The van der Waals surface area contributed by atoms with Crippen LogP contribution in [0.5, 0.6) is 11.5 Å². The zero-order valence-electron chi connectivity index (χ0n) is 12.6. The Balaban J connectivity index is 1.59. The molecular formula is C15H16N4O3S. The van der Waals surface area contributed by atoms with Gasteiger partial charge in [-0.15, -0.1) is 16.8 Å². The Labute approximate surface area is 137 Å². The summed E-state index contributed by atoms with van der Waals surface area (Å²) in [6, 6.07) is 5.30. The van der Waals surface area contributed by atoms with E-state index in [1.807, 2.05) is 11.5 Å². The normalized spacial score (nSPS) is 12.2. The van der Waals surface area contributed by atoms with Gasteiger partial charge < -0.3 is 19.4 Å². The predicted octanol–water partition coefficient (Wildman–Crippen LogP) is 2.23. The summed E-state index contributed by atoms with van der Waals surface area (Å²) in [5.41, 5.74) is 0.670. The fourth-order valence-corrected chi connectivity index (χ4v) is 2.90. The average Bonchev–Trinajstić information content (AvgIpc) is 3.13. The van der Waals surface area contributed by atoms with E-state index in [-0.39, 0.29) is 18.5 Å². The van der Waals surface area contributed by atoms with E-state index in [9.17, 15) is 4.79 Å². The number of aromatic nitrogens is 3. The van der Waals surface area contributed by atoms with Crippen molar-refractivity contribution in [3.8, 4) is 11.5 Å². The summed E-state index contributed by atoms with van der Waals surface area (Å²) < 4.78 is 12.4. The molecule has 0 aliphatic carbocycles. The van der Waals surface area contributed by atoms with Crippen LogP contribution in [0.25, 0.3) is 0 Å². The number of rotatable bonds is 6. The second-order valence-electron chi connectivity index (χ2n) is 4.83. The Bertz CT molecular complexity index is 744. The largest absolute Gasteiger partial charge is 0.454 e. The van der Waals surface area contributed by atoms with Crippen LogP contribution in [0.15, 0.2) is 36.0 Å². The highest BCUT2D eigenvalue weighted by Crippen LogP contribution is 2.34. The van der Waals surface area contributed by atoms with Gasteiger partial charge in [0.2, 0.25) is 12.7 Å². The van der Waals surface area contributed by atoms with Gasteiger partial charge in [0.05, 0.1) is 5.75 Å². The minimum absolute atomic E-state index is 0.125. The Kier molecular flexibility index (Phi) is 4.52. The van der Waals surface area contributed by atoms with Crippen molar-refractivity contribution in [2.75, 3.05) is 17.9 Å². The molecule has 2 aromatic rings. The van der Waals surface area contributed by atoms with Crippen molar-refractivity contribution in [2.24, 2.45) is 0 Å².